The van der Waals surface area contributed by atoms with E-state index < -0.39 is 9.84 Å². The molecule has 1 aliphatic heterocycles. The fourth-order valence-corrected chi connectivity index (χ4v) is 5.36. The van der Waals surface area contributed by atoms with Crippen LogP contribution in [0, 0.1) is 0 Å². The Morgan fingerprint density at radius 3 is 2.61 bits per heavy atom. The first-order valence-corrected chi connectivity index (χ1v) is 11.9. The van der Waals surface area contributed by atoms with Crippen LogP contribution in [0.15, 0.2) is 53.4 Å². The number of aryl methyl sites for hydroxylation is 1. The summed E-state index contributed by atoms with van der Waals surface area (Å²) in [5, 5.41) is 0. The maximum atomic E-state index is 12.3. The largest absolute Gasteiger partial charge is 0.483 e. The van der Waals surface area contributed by atoms with Crippen molar-refractivity contribution in [3.05, 3.63) is 59.7 Å². The summed E-state index contributed by atoms with van der Waals surface area (Å²) in [4.78, 5) is 2.69. The molecular formula is C22H28N2O3S. The highest BCUT2D eigenvalue weighted by molar-refractivity contribution is 7.90. The monoisotopic (exact) mass is 400 g/mol. The number of hydrogen-bond donors (Lipinski definition) is 1. The molecule has 6 heteroatoms. The fraction of sp³-hybridized carbons (Fsp3) is 0.455. The van der Waals surface area contributed by atoms with Gasteiger partial charge in [0, 0.05) is 18.8 Å². The van der Waals surface area contributed by atoms with Crippen LogP contribution < -0.4 is 10.5 Å². The number of ether oxygens (including phenoxy) is 1. The summed E-state index contributed by atoms with van der Waals surface area (Å²) in [5.41, 5.74) is 8.68. The quantitative estimate of drug-likeness (QED) is 0.854. The maximum Gasteiger partial charge on any atom is 0.179 e. The number of likely N-dealkylation sites (tertiary alicyclic amines) is 1. The van der Waals surface area contributed by atoms with Crippen LogP contribution in [0.4, 0.5) is 0 Å². The van der Waals surface area contributed by atoms with Gasteiger partial charge in [-0.05, 0) is 55.5 Å². The molecule has 2 N–H and O–H groups in total. The number of nitrogens with two attached hydrogens (primary N) is 1. The Bertz CT molecular complexity index is 944. The van der Waals surface area contributed by atoms with Crippen molar-refractivity contribution < 1.29 is 13.2 Å². The number of sulfone groups is 1. The molecular weight excluding hydrogens is 372 g/mol. The lowest BCUT2D eigenvalue weighted by Crippen LogP contribution is -2.51. The second-order valence-corrected chi connectivity index (χ2v) is 9.94. The molecule has 1 aliphatic carbocycles. The zero-order valence-electron chi connectivity index (χ0n) is 16.3. The van der Waals surface area contributed by atoms with Crippen LogP contribution in [0.5, 0.6) is 5.75 Å². The predicted molar refractivity (Wildman–Crippen MR) is 110 cm³/mol. The molecule has 0 radical (unpaired) electrons. The van der Waals surface area contributed by atoms with Crippen molar-refractivity contribution in [2.75, 3.05) is 19.3 Å². The average molecular weight is 401 g/mol. The minimum absolute atomic E-state index is 0.189. The van der Waals surface area contributed by atoms with Crippen molar-refractivity contribution in [1.29, 1.82) is 0 Å². The summed E-state index contributed by atoms with van der Waals surface area (Å²) in [6.45, 7) is 1.87. The molecule has 0 bridgehead atoms. The summed E-state index contributed by atoms with van der Waals surface area (Å²) < 4.78 is 31.0. The lowest BCUT2D eigenvalue weighted by atomic mass is 9.84. The smallest absolute Gasteiger partial charge is 0.179 e. The third-order valence-corrected chi connectivity index (χ3v) is 7.02. The molecule has 1 saturated heterocycles. The van der Waals surface area contributed by atoms with E-state index in [-0.39, 0.29) is 23.1 Å². The number of rotatable bonds is 4. The number of fused-ring (bicyclic) bond motifs is 1. The molecule has 2 aromatic carbocycles. The Balaban J connectivity index is 1.72. The highest BCUT2D eigenvalue weighted by Crippen LogP contribution is 2.39. The highest BCUT2D eigenvalue weighted by atomic mass is 32.2. The van der Waals surface area contributed by atoms with Crippen molar-refractivity contribution >= 4 is 9.84 Å². The first-order chi connectivity index (χ1) is 13.4. The average Bonchev–Trinajstić information content (AvgIpc) is 2.68. The van der Waals surface area contributed by atoms with Crippen LogP contribution >= 0.6 is 0 Å². The third kappa shape index (κ3) is 3.95. The summed E-state index contributed by atoms with van der Waals surface area (Å²) in [6.07, 6.45) is 5.15. The fourth-order valence-electron chi connectivity index (χ4n) is 4.55. The molecule has 2 aromatic rings. The van der Waals surface area contributed by atoms with Gasteiger partial charge >= 0.3 is 0 Å². The van der Waals surface area contributed by atoms with Crippen molar-refractivity contribution in [3.8, 4) is 5.75 Å². The van der Waals surface area contributed by atoms with Gasteiger partial charge in [0.2, 0.25) is 0 Å². The molecule has 0 amide bonds. The van der Waals surface area contributed by atoms with E-state index in [1.165, 1.54) is 11.8 Å². The summed E-state index contributed by atoms with van der Waals surface area (Å²) >= 11 is 0. The lowest BCUT2D eigenvalue weighted by molar-refractivity contribution is 0.0352. The van der Waals surface area contributed by atoms with Crippen LogP contribution in [-0.2, 0) is 16.3 Å². The zero-order chi connectivity index (χ0) is 19.7. The van der Waals surface area contributed by atoms with E-state index in [2.05, 4.69) is 23.1 Å². The zero-order valence-corrected chi connectivity index (χ0v) is 17.1. The molecule has 0 aromatic heterocycles. The second kappa shape index (κ2) is 7.85. The van der Waals surface area contributed by atoms with Gasteiger partial charge < -0.3 is 10.5 Å². The Hall–Kier alpha value is -1.89. The van der Waals surface area contributed by atoms with E-state index in [9.17, 15) is 8.42 Å². The molecule has 1 heterocycles. The van der Waals surface area contributed by atoms with E-state index in [1.54, 1.807) is 18.2 Å². The maximum absolute atomic E-state index is 12.3. The van der Waals surface area contributed by atoms with Crippen molar-refractivity contribution in [2.45, 2.75) is 48.8 Å². The lowest BCUT2D eigenvalue weighted by Gasteiger charge is -2.43. The molecule has 0 unspecified atom stereocenters. The van der Waals surface area contributed by atoms with Crippen molar-refractivity contribution in [3.63, 3.8) is 0 Å². The van der Waals surface area contributed by atoms with E-state index >= 15 is 0 Å². The Morgan fingerprint density at radius 1 is 1.07 bits per heavy atom. The van der Waals surface area contributed by atoms with E-state index in [1.807, 2.05) is 12.1 Å². The van der Waals surface area contributed by atoms with Crippen LogP contribution in [0.2, 0.25) is 0 Å². The molecule has 4 rings (SSSR count). The van der Waals surface area contributed by atoms with Crippen LogP contribution in [0.3, 0.4) is 0 Å². The van der Waals surface area contributed by atoms with Gasteiger partial charge in [0.05, 0.1) is 6.04 Å². The molecule has 5 nitrogen and oxygen atoms in total. The minimum atomic E-state index is -3.37. The molecule has 28 heavy (non-hydrogen) atoms. The number of benzene rings is 2. The number of piperidine rings is 1. The van der Waals surface area contributed by atoms with Crippen LogP contribution in [-0.4, -0.2) is 44.7 Å². The topological polar surface area (TPSA) is 72.6 Å². The van der Waals surface area contributed by atoms with Crippen molar-refractivity contribution in [1.82, 2.24) is 4.90 Å². The van der Waals surface area contributed by atoms with Crippen LogP contribution in [0.1, 0.15) is 36.5 Å². The highest BCUT2D eigenvalue weighted by Gasteiger charge is 2.37. The first-order valence-electron chi connectivity index (χ1n) is 9.96. The molecule has 150 valence electrons. The molecule has 0 saturated carbocycles. The Kier molecular flexibility index (Phi) is 5.45. The van der Waals surface area contributed by atoms with Gasteiger partial charge in [-0.3, -0.25) is 4.90 Å². The summed E-state index contributed by atoms with van der Waals surface area (Å²) in [6, 6.07) is 15.6. The predicted octanol–water partition coefficient (Wildman–Crippen LogP) is 2.95. The molecule has 3 atom stereocenters. The normalized spacial score (nSPS) is 25.9. The van der Waals surface area contributed by atoms with Gasteiger partial charge in [-0.25, -0.2) is 8.42 Å². The SMILES string of the molecule is CS(=O)(=O)c1ccccc1O[C@H]1c2ccccc2CC[C@@H]1N1CCC[C@@H](N)C1. The standard InChI is InChI=1S/C22H28N2O3S/c1-28(25,26)21-11-5-4-10-20(21)27-22-18-9-3-2-7-16(18)12-13-19(22)24-14-6-8-17(23)15-24/h2-5,7,9-11,17,19,22H,6,8,12-15,23H2,1H3/t17-,19+,22+/m1/s1. The first kappa shape index (κ1) is 19.4. The van der Waals surface area contributed by atoms with E-state index in [0.29, 0.717) is 5.75 Å². The summed E-state index contributed by atoms with van der Waals surface area (Å²) in [5.74, 6) is 0.429. The van der Waals surface area contributed by atoms with Gasteiger partial charge in [0.25, 0.3) is 0 Å². The van der Waals surface area contributed by atoms with Gasteiger partial charge in [-0.2, -0.15) is 0 Å². The molecule has 0 spiro atoms. The number of hydrogen-bond acceptors (Lipinski definition) is 5. The number of nitrogens with zero attached hydrogens (tertiary/aromatic N) is 1. The second-order valence-electron chi connectivity index (χ2n) is 7.96. The molecule has 2 aliphatic rings. The van der Waals surface area contributed by atoms with Gasteiger partial charge in [0.15, 0.2) is 9.84 Å². The minimum Gasteiger partial charge on any atom is -0.483 e. The Morgan fingerprint density at radius 2 is 1.82 bits per heavy atom. The van der Waals surface area contributed by atoms with E-state index in [4.69, 9.17) is 10.5 Å². The van der Waals surface area contributed by atoms with Crippen molar-refractivity contribution in [2.24, 2.45) is 5.73 Å². The van der Waals surface area contributed by atoms with Gasteiger partial charge in [0.1, 0.15) is 16.7 Å². The van der Waals surface area contributed by atoms with Gasteiger partial charge in [-0.1, -0.05) is 36.4 Å². The third-order valence-electron chi connectivity index (χ3n) is 5.88. The Labute approximate surface area is 167 Å². The van der Waals surface area contributed by atoms with Gasteiger partial charge in [-0.15, -0.1) is 0 Å². The van der Waals surface area contributed by atoms with Crippen LogP contribution in [0.25, 0.3) is 0 Å². The van der Waals surface area contributed by atoms with E-state index in [0.717, 1.165) is 44.3 Å². The number of para-hydroxylation sites is 1. The molecule has 1 fully saturated rings. The summed E-state index contributed by atoms with van der Waals surface area (Å²) in [7, 11) is -3.37.